The number of alkyl halides is 1. The van der Waals surface area contributed by atoms with E-state index in [0.717, 1.165) is 5.33 Å². The van der Waals surface area contributed by atoms with Gasteiger partial charge in [-0.25, -0.2) is 4.39 Å². The van der Waals surface area contributed by atoms with Gasteiger partial charge in [0.15, 0.2) is 0 Å². The van der Waals surface area contributed by atoms with Crippen molar-refractivity contribution in [3.05, 3.63) is 35.6 Å². The first kappa shape index (κ1) is 13.5. The highest BCUT2D eigenvalue weighted by Crippen LogP contribution is 2.32. The van der Waals surface area contributed by atoms with Crippen LogP contribution in [0.15, 0.2) is 24.3 Å². The van der Waals surface area contributed by atoms with Gasteiger partial charge < -0.3 is 5.32 Å². The Labute approximate surface area is 115 Å². The summed E-state index contributed by atoms with van der Waals surface area (Å²) in [7, 11) is 0. The van der Waals surface area contributed by atoms with E-state index in [2.05, 4.69) is 21.2 Å². The molecule has 0 aromatic heterocycles. The molecular weight excluding hydrogens is 297 g/mol. The van der Waals surface area contributed by atoms with Gasteiger partial charge in [-0.05, 0) is 42.9 Å². The van der Waals surface area contributed by atoms with Crippen molar-refractivity contribution in [3.8, 4) is 0 Å². The number of rotatable bonds is 4. The highest BCUT2D eigenvalue weighted by atomic mass is 79.9. The second-order valence-corrected chi connectivity index (χ2v) is 5.47. The Morgan fingerprint density at radius 1 is 1.39 bits per heavy atom. The Morgan fingerprint density at radius 3 is 2.89 bits per heavy atom. The van der Waals surface area contributed by atoms with E-state index >= 15 is 0 Å². The van der Waals surface area contributed by atoms with Crippen molar-refractivity contribution in [2.24, 2.45) is 11.8 Å². The molecule has 0 spiro atoms. The van der Waals surface area contributed by atoms with Gasteiger partial charge >= 0.3 is 0 Å². The summed E-state index contributed by atoms with van der Waals surface area (Å²) in [4.78, 5) is 11.9. The molecule has 0 saturated heterocycles. The predicted octanol–water partition coefficient (Wildman–Crippen LogP) is 3.37. The van der Waals surface area contributed by atoms with Crippen LogP contribution >= 0.6 is 15.9 Å². The first-order valence-corrected chi connectivity index (χ1v) is 7.42. The number of hydrogen-bond acceptors (Lipinski definition) is 1. The summed E-state index contributed by atoms with van der Waals surface area (Å²) >= 11 is 3.52. The molecule has 98 valence electrons. The summed E-state index contributed by atoms with van der Waals surface area (Å²) in [6.45, 7) is 0.686. The molecule has 2 unspecified atom stereocenters. The van der Waals surface area contributed by atoms with E-state index in [4.69, 9.17) is 0 Å². The van der Waals surface area contributed by atoms with Crippen molar-refractivity contribution in [2.45, 2.75) is 19.3 Å². The van der Waals surface area contributed by atoms with E-state index in [1.54, 1.807) is 12.1 Å². The molecule has 18 heavy (non-hydrogen) atoms. The third-order valence-electron chi connectivity index (χ3n) is 3.63. The maximum absolute atomic E-state index is 13.0. The number of carbonyl (C=O) groups is 1. The zero-order valence-electron chi connectivity index (χ0n) is 10.2. The van der Waals surface area contributed by atoms with E-state index in [0.29, 0.717) is 23.9 Å². The molecule has 0 bridgehead atoms. The van der Waals surface area contributed by atoms with Crippen molar-refractivity contribution in [1.82, 2.24) is 5.32 Å². The highest BCUT2D eigenvalue weighted by Gasteiger charge is 2.26. The van der Waals surface area contributed by atoms with Gasteiger partial charge in [-0.1, -0.05) is 28.4 Å². The Hall–Kier alpha value is -0.900. The maximum Gasteiger partial charge on any atom is 0.251 e. The molecule has 1 aromatic rings. The van der Waals surface area contributed by atoms with Crippen LogP contribution in [-0.4, -0.2) is 17.8 Å². The Balaban J connectivity index is 1.88. The molecule has 2 rings (SSSR count). The lowest BCUT2D eigenvalue weighted by molar-refractivity contribution is 0.0944. The van der Waals surface area contributed by atoms with Crippen LogP contribution in [0.2, 0.25) is 0 Å². The van der Waals surface area contributed by atoms with Crippen molar-refractivity contribution >= 4 is 21.8 Å². The standard InChI is InChI=1S/C14H17BrFNO/c15-8-11-4-1-5-12(11)9-17-14(18)10-3-2-6-13(16)7-10/h2-3,6-7,11-12H,1,4-5,8-9H2,(H,17,18). The zero-order chi connectivity index (χ0) is 13.0. The van der Waals surface area contributed by atoms with Gasteiger partial charge in [-0.3, -0.25) is 4.79 Å². The largest absolute Gasteiger partial charge is 0.352 e. The van der Waals surface area contributed by atoms with Gasteiger partial charge in [0.05, 0.1) is 0 Å². The number of nitrogens with one attached hydrogen (secondary N) is 1. The van der Waals surface area contributed by atoms with E-state index in [1.165, 1.54) is 31.4 Å². The average molecular weight is 314 g/mol. The predicted molar refractivity (Wildman–Crippen MR) is 73.4 cm³/mol. The third-order valence-corrected chi connectivity index (χ3v) is 4.46. The molecule has 4 heteroatoms. The Bertz CT molecular complexity index is 424. The fraction of sp³-hybridized carbons (Fsp3) is 0.500. The van der Waals surface area contributed by atoms with Crippen LogP contribution in [0.4, 0.5) is 4.39 Å². The minimum absolute atomic E-state index is 0.185. The summed E-state index contributed by atoms with van der Waals surface area (Å²) in [5, 5.41) is 3.90. The number of benzene rings is 1. The van der Waals surface area contributed by atoms with Gasteiger partial charge in [0.25, 0.3) is 5.91 Å². The number of amides is 1. The van der Waals surface area contributed by atoms with Gasteiger partial charge in [0, 0.05) is 17.4 Å². The first-order valence-electron chi connectivity index (χ1n) is 6.30. The SMILES string of the molecule is O=C(NCC1CCCC1CBr)c1cccc(F)c1. The van der Waals surface area contributed by atoms with Gasteiger partial charge in [-0.15, -0.1) is 0 Å². The van der Waals surface area contributed by atoms with Crippen molar-refractivity contribution in [1.29, 1.82) is 0 Å². The lowest BCUT2D eigenvalue weighted by Gasteiger charge is -2.17. The molecule has 1 N–H and O–H groups in total. The fourth-order valence-corrected chi connectivity index (χ4v) is 3.39. The van der Waals surface area contributed by atoms with E-state index < -0.39 is 0 Å². The van der Waals surface area contributed by atoms with Gasteiger partial charge in [0.2, 0.25) is 0 Å². The molecule has 1 amide bonds. The van der Waals surface area contributed by atoms with Crippen molar-refractivity contribution < 1.29 is 9.18 Å². The monoisotopic (exact) mass is 313 g/mol. The van der Waals surface area contributed by atoms with Crippen molar-refractivity contribution in [2.75, 3.05) is 11.9 Å². The lowest BCUT2D eigenvalue weighted by atomic mass is 9.98. The summed E-state index contributed by atoms with van der Waals surface area (Å²) in [5.41, 5.74) is 0.392. The van der Waals surface area contributed by atoms with Crippen LogP contribution in [0.1, 0.15) is 29.6 Å². The smallest absolute Gasteiger partial charge is 0.251 e. The van der Waals surface area contributed by atoms with Crippen LogP contribution in [-0.2, 0) is 0 Å². The van der Waals surface area contributed by atoms with E-state index in [9.17, 15) is 9.18 Å². The van der Waals surface area contributed by atoms with Gasteiger partial charge in [-0.2, -0.15) is 0 Å². The topological polar surface area (TPSA) is 29.1 Å². The molecule has 1 aliphatic rings. The minimum Gasteiger partial charge on any atom is -0.352 e. The molecule has 0 radical (unpaired) electrons. The summed E-state index contributed by atoms with van der Waals surface area (Å²) in [6.07, 6.45) is 3.63. The second-order valence-electron chi connectivity index (χ2n) is 4.83. The van der Waals surface area contributed by atoms with E-state index in [-0.39, 0.29) is 11.7 Å². The highest BCUT2D eigenvalue weighted by molar-refractivity contribution is 9.09. The van der Waals surface area contributed by atoms with Crippen LogP contribution < -0.4 is 5.32 Å². The van der Waals surface area contributed by atoms with Gasteiger partial charge in [0.1, 0.15) is 5.82 Å². The number of carbonyl (C=O) groups excluding carboxylic acids is 1. The average Bonchev–Trinajstić information content (AvgIpc) is 2.83. The molecule has 0 aliphatic heterocycles. The van der Waals surface area contributed by atoms with Crippen LogP contribution in [0.3, 0.4) is 0 Å². The van der Waals surface area contributed by atoms with Crippen LogP contribution in [0.25, 0.3) is 0 Å². The Kier molecular flexibility index (Phi) is 4.75. The van der Waals surface area contributed by atoms with Crippen LogP contribution in [0.5, 0.6) is 0 Å². The third kappa shape index (κ3) is 3.31. The summed E-state index contributed by atoms with van der Waals surface area (Å²) in [6, 6.07) is 5.80. The fourth-order valence-electron chi connectivity index (χ4n) is 2.54. The van der Waals surface area contributed by atoms with E-state index in [1.807, 2.05) is 0 Å². The molecule has 1 aromatic carbocycles. The quantitative estimate of drug-likeness (QED) is 0.848. The molecule has 1 saturated carbocycles. The second kappa shape index (κ2) is 6.32. The number of hydrogen-bond donors (Lipinski definition) is 1. The molecular formula is C14H17BrFNO. The Morgan fingerprint density at radius 2 is 2.17 bits per heavy atom. The van der Waals surface area contributed by atoms with Crippen molar-refractivity contribution in [3.63, 3.8) is 0 Å². The molecule has 2 nitrogen and oxygen atoms in total. The lowest BCUT2D eigenvalue weighted by Crippen LogP contribution is -2.31. The molecule has 1 fully saturated rings. The molecule has 2 atom stereocenters. The normalized spacial score (nSPS) is 23.0. The number of halogens is 2. The maximum atomic E-state index is 13.0. The summed E-state index contributed by atoms with van der Waals surface area (Å²) in [5.74, 6) is 0.635. The molecule has 0 heterocycles. The first-order chi connectivity index (χ1) is 8.70. The minimum atomic E-state index is -0.373. The molecule has 1 aliphatic carbocycles. The van der Waals surface area contributed by atoms with Crippen LogP contribution in [0, 0.1) is 17.7 Å². The summed E-state index contributed by atoms with van der Waals surface area (Å²) < 4.78 is 13.0. The zero-order valence-corrected chi connectivity index (χ0v) is 11.7.